The third kappa shape index (κ3) is 4.89. The van der Waals surface area contributed by atoms with Gasteiger partial charge in [0.1, 0.15) is 17.4 Å². The number of methoxy groups -OCH3 is 1. The van der Waals surface area contributed by atoms with Gasteiger partial charge in [0.2, 0.25) is 5.88 Å². The van der Waals surface area contributed by atoms with E-state index in [1.807, 2.05) is 13.8 Å². The first-order chi connectivity index (χ1) is 19.2. The SMILES string of the molecule is COc1ncnc(C2CC2)c1-c1nc(C)c2nc(NCc3ccc(S(C)(=O)=O)cn3)c(=O)n([C@@H](C)C3CC3)c2n1. The summed E-state index contributed by atoms with van der Waals surface area (Å²) in [7, 11) is -1.79. The predicted octanol–water partition coefficient (Wildman–Crippen LogP) is 3.22. The van der Waals surface area contributed by atoms with E-state index in [9.17, 15) is 13.2 Å². The molecule has 0 saturated heterocycles. The van der Waals surface area contributed by atoms with Crippen LogP contribution in [0.1, 0.15) is 61.6 Å². The highest BCUT2D eigenvalue weighted by Crippen LogP contribution is 2.45. The molecule has 4 aromatic heterocycles. The van der Waals surface area contributed by atoms with Crippen molar-refractivity contribution >= 4 is 26.8 Å². The smallest absolute Gasteiger partial charge is 0.295 e. The number of aryl methyl sites for hydroxylation is 1. The molecule has 0 aromatic carbocycles. The number of pyridine rings is 1. The van der Waals surface area contributed by atoms with Crippen LogP contribution in [0.3, 0.4) is 0 Å². The van der Waals surface area contributed by atoms with Crippen molar-refractivity contribution in [1.82, 2.24) is 34.5 Å². The van der Waals surface area contributed by atoms with Crippen LogP contribution in [0.5, 0.6) is 5.88 Å². The molecule has 2 aliphatic rings. The van der Waals surface area contributed by atoms with Gasteiger partial charge in [-0.05, 0) is 57.6 Å². The first kappa shape index (κ1) is 26.2. The van der Waals surface area contributed by atoms with Gasteiger partial charge in [0.05, 0.1) is 35.6 Å². The lowest BCUT2D eigenvalue weighted by Gasteiger charge is -2.20. The fraction of sp³-hybridized carbons (Fsp3) is 0.444. The molecule has 6 rings (SSSR count). The predicted molar refractivity (Wildman–Crippen MR) is 148 cm³/mol. The zero-order chi connectivity index (χ0) is 28.2. The molecule has 208 valence electrons. The van der Waals surface area contributed by atoms with Crippen molar-refractivity contribution in [3.8, 4) is 17.3 Å². The van der Waals surface area contributed by atoms with Crippen LogP contribution >= 0.6 is 0 Å². The van der Waals surface area contributed by atoms with E-state index >= 15 is 0 Å². The molecule has 2 saturated carbocycles. The molecule has 0 radical (unpaired) electrons. The lowest BCUT2D eigenvalue weighted by molar-refractivity contribution is 0.397. The Morgan fingerprint density at radius 1 is 1.10 bits per heavy atom. The molecule has 1 atom stereocenters. The van der Waals surface area contributed by atoms with Crippen LogP contribution in [-0.4, -0.2) is 56.3 Å². The Balaban J connectivity index is 1.45. The molecule has 2 aliphatic carbocycles. The van der Waals surface area contributed by atoms with Gasteiger partial charge in [-0.15, -0.1) is 0 Å². The number of nitrogens with zero attached hydrogens (tertiary/aromatic N) is 7. The highest BCUT2D eigenvalue weighted by Gasteiger charge is 2.34. The van der Waals surface area contributed by atoms with Gasteiger partial charge in [-0.1, -0.05) is 0 Å². The number of rotatable bonds is 9. The van der Waals surface area contributed by atoms with Crippen molar-refractivity contribution < 1.29 is 13.2 Å². The molecule has 4 heterocycles. The van der Waals surface area contributed by atoms with E-state index in [0.29, 0.717) is 51.7 Å². The Morgan fingerprint density at radius 3 is 2.50 bits per heavy atom. The van der Waals surface area contributed by atoms with E-state index in [-0.39, 0.29) is 28.9 Å². The van der Waals surface area contributed by atoms with E-state index in [1.165, 1.54) is 18.6 Å². The van der Waals surface area contributed by atoms with Crippen LogP contribution in [0.4, 0.5) is 5.82 Å². The van der Waals surface area contributed by atoms with Crippen molar-refractivity contribution in [2.75, 3.05) is 18.7 Å². The molecule has 4 aromatic rings. The summed E-state index contributed by atoms with van der Waals surface area (Å²) in [4.78, 5) is 41.4. The third-order valence-electron chi connectivity index (χ3n) is 7.51. The van der Waals surface area contributed by atoms with Crippen molar-refractivity contribution in [2.24, 2.45) is 5.92 Å². The van der Waals surface area contributed by atoms with Crippen LogP contribution in [0.2, 0.25) is 0 Å². The van der Waals surface area contributed by atoms with Gasteiger partial charge in [0.15, 0.2) is 27.1 Å². The second-order valence-electron chi connectivity index (χ2n) is 10.5. The number of aromatic nitrogens is 7. The summed E-state index contributed by atoms with van der Waals surface area (Å²) >= 11 is 0. The summed E-state index contributed by atoms with van der Waals surface area (Å²) in [6.07, 6.45) is 8.09. The van der Waals surface area contributed by atoms with Crippen LogP contribution in [0.25, 0.3) is 22.6 Å². The number of ether oxygens (including phenoxy) is 1. The molecule has 40 heavy (non-hydrogen) atoms. The van der Waals surface area contributed by atoms with Gasteiger partial charge >= 0.3 is 0 Å². The van der Waals surface area contributed by atoms with Crippen LogP contribution in [0, 0.1) is 12.8 Å². The van der Waals surface area contributed by atoms with Crippen molar-refractivity contribution in [2.45, 2.75) is 62.9 Å². The monoisotopic (exact) mass is 562 g/mol. The Bertz CT molecular complexity index is 1780. The lowest BCUT2D eigenvalue weighted by atomic mass is 10.1. The van der Waals surface area contributed by atoms with Gasteiger partial charge in [0.25, 0.3) is 5.56 Å². The van der Waals surface area contributed by atoms with Crippen molar-refractivity contribution in [3.63, 3.8) is 0 Å². The largest absolute Gasteiger partial charge is 0.480 e. The number of hydrogen-bond donors (Lipinski definition) is 1. The molecular formula is C27H30N8O4S. The van der Waals surface area contributed by atoms with E-state index in [4.69, 9.17) is 14.7 Å². The number of fused-ring (bicyclic) bond motifs is 1. The summed E-state index contributed by atoms with van der Waals surface area (Å²) in [5.41, 5.74) is 3.38. The van der Waals surface area contributed by atoms with Gasteiger partial charge in [-0.2, -0.15) is 0 Å². The Kier molecular flexibility index (Phi) is 6.48. The molecule has 12 nitrogen and oxygen atoms in total. The van der Waals surface area contributed by atoms with Crippen LogP contribution < -0.4 is 15.6 Å². The first-order valence-electron chi connectivity index (χ1n) is 13.2. The summed E-state index contributed by atoms with van der Waals surface area (Å²) in [6, 6.07) is 3.02. The molecule has 0 bridgehead atoms. The number of hydrogen-bond acceptors (Lipinski definition) is 11. The second kappa shape index (κ2) is 9.88. The van der Waals surface area contributed by atoms with Crippen molar-refractivity contribution in [3.05, 3.63) is 52.1 Å². The summed E-state index contributed by atoms with van der Waals surface area (Å²) < 4.78 is 30.8. The third-order valence-corrected chi connectivity index (χ3v) is 8.61. The Morgan fingerprint density at radius 2 is 1.88 bits per heavy atom. The Labute approximate surface area is 231 Å². The summed E-state index contributed by atoms with van der Waals surface area (Å²) in [5.74, 6) is 1.66. The standard InChI is InChI=1S/C27H30N8O4S/c1-14-21-25(34-23(32-14)20-22(17-7-8-17)30-13-31-26(20)39-3)35(15(2)16-5-6-16)27(36)24(33-21)29-11-18-9-10-19(12-28-18)40(4,37)38/h9-10,12-13,15-17H,5-8,11H2,1-4H3,(H,29,33)/t15-/m0/s1. The first-order valence-corrected chi connectivity index (χ1v) is 15.1. The van der Waals surface area contributed by atoms with Crippen molar-refractivity contribution in [1.29, 1.82) is 0 Å². The van der Waals surface area contributed by atoms with Crippen LogP contribution in [-0.2, 0) is 16.4 Å². The van der Waals surface area contributed by atoms with Gasteiger partial charge in [-0.3, -0.25) is 14.3 Å². The average Bonchev–Trinajstić information content (AvgIpc) is 3.84. The fourth-order valence-electron chi connectivity index (χ4n) is 4.94. The van der Waals surface area contributed by atoms with E-state index in [1.54, 1.807) is 17.7 Å². The molecule has 0 amide bonds. The number of nitrogens with one attached hydrogen (secondary N) is 1. The number of anilines is 1. The van der Waals surface area contributed by atoms with E-state index in [2.05, 4.69) is 25.3 Å². The minimum Gasteiger partial charge on any atom is -0.480 e. The Hall–Kier alpha value is -4.00. The van der Waals surface area contributed by atoms with Gasteiger partial charge in [0, 0.05) is 24.4 Å². The van der Waals surface area contributed by atoms with E-state index < -0.39 is 9.84 Å². The zero-order valence-corrected chi connectivity index (χ0v) is 23.6. The summed E-state index contributed by atoms with van der Waals surface area (Å²) in [5, 5.41) is 3.11. The molecule has 1 N–H and O–H groups in total. The summed E-state index contributed by atoms with van der Waals surface area (Å²) in [6.45, 7) is 4.07. The highest BCUT2D eigenvalue weighted by atomic mass is 32.2. The minimum absolute atomic E-state index is 0.0929. The molecule has 2 fully saturated rings. The average molecular weight is 563 g/mol. The second-order valence-corrected chi connectivity index (χ2v) is 12.6. The molecular weight excluding hydrogens is 532 g/mol. The van der Waals surface area contributed by atoms with Crippen LogP contribution in [0.15, 0.2) is 34.3 Å². The molecule has 0 spiro atoms. The molecule has 0 aliphatic heterocycles. The zero-order valence-electron chi connectivity index (χ0n) is 22.7. The lowest BCUT2D eigenvalue weighted by Crippen LogP contribution is -2.29. The van der Waals surface area contributed by atoms with Gasteiger partial charge in [-0.25, -0.2) is 33.3 Å². The maximum Gasteiger partial charge on any atom is 0.295 e. The molecule has 13 heteroatoms. The molecule has 0 unspecified atom stereocenters. The maximum absolute atomic E-state index is 13.9. The topological polar surface area (TPSA) is 155 Å². The minimum atomic E-state index is -3.35. The van der Waals surface area contributed by atoms with Gasteiger partial charge < -0.3 is 10.1 Å². The normalized spacial score (nSPS) is 16.2. The van der Waals surface area contributed by atoms with E-state index in [0.717, 1.165) is 37.6 Å². The quantitative estimate of drug-likeness (QED) is 0.320. The maximum atomic E-state index is 13.9. The fourth-order valence-corrected chi connectivity index (χ4v) is 5.50. The highest BCUT2D eigenvalue weighted by molar-refractivity contribution is 7.90. The number of sulfone groups is 1.